The predicted molar refractivity (Wildman–Crippen MR) is 117 cm³/mol. The highest BCUT2D eigenvalue weighted by atomic mass is 16.5. The molecule has 0 aliphatic carbocycles. The first-order valence-corrected chi connectivity index (χ1v) is 10.2. The highest BCUT2D eigenvalue weighted by Gasteiger charge is 2.43. The van der Waals surface area contributed by atoms with Crippen molar-refractivity contribution in [2.45, 2.75) is 38.8 Å². The van der Waals surface area contributed by atoms with Crippen LogP contribution in [0.5, 0.6) is 11.5 Å². The third-order valence-electron chi connectivity index (χ3n) is 5.84. The van der Waals surface area contributed by atoms with Crippen LogP contribution in [0.25, 0.3) is 0 Å². The SMILES string of the molecule is COc1ccc(N2C(=O)CCC(C(=O)N(C)C(C)C)C2c2ccccc2OC)cc1. The van der Waals surface area contributed by atoms with E-state index in [1.165, 1.54) is 0 Å². The lowest BCUT2D eigenvalue weighted by molar-refractivity contribution is -0.138. The molecule has 1 saturated heterocycles. The van der Waals surface area contributed by atoms with Crippen LogP contribution < -0.4 is 14.4 Å². The number of carbonyl (C=O) groups excluding carboxylic acids is 2. The molecular formula is C24H30N2O4. The Hall–Kier alpha value is -3.02. The summed E-state index contributed by atoms with van der Waals surface area (Å²) in [5.41, 5.74) is 1.57. The summed E-state index contributed by atoms with van der Waals surface area (Å²) in [5, 5.41) is 0. The number of anilines is 1. The molecule has 160 valence electrons. The Labute approximate surface area is 178 Å². The molecule has 2 unspecified atom stereocenters. The number of carbonyl (C=O) groups is 2. The molecule has 1 aliphatic heterocycles. The van der Waals surface area contributed by atoms with Crippen molar-refractivity contribution in [1.29, 1.82) is 0 Å². The molecule has 3 rings (SSSR count). The predicted octanol–water partition coefficient (Wildman–Crippen LogP) is 4.05. The number of amides is 2. The summed E-state index contributed by atoms with van der Waals surface area (Å²) in [4.78, 5) is 30.1. The minimum atomic E-state index is -0.454. The summed E-state index contributed by atoms with van der Waals surface area (Å²) in [6, 6.07) is 14.6. The molecule has 1 aliphatic rings. The normalized spacial score (nSPS) is 19.0. The van der Waals surface area contributed by atoms with Gasteiger partial charge in [0.1, 0.15) is 11.5 Å². The van der Waals surface area contributed by atoms with Crippen molar-refractivity contribution in [2.75, 3.05) is 26.2 Å². The molecule has 30 heavy (non-hydrogen) atoms. The molecule has 2 aromatic rings. The number of hydrogen-bond acceptors (Lipinski definition) is 4. The van der Waals surface area contributed by atoms with E-state index >= 15 is 0 Å². The molecule has 0 N–H and O–H groups in total. The van der Waals surface area contributed by atoms with E-state index in [2.05, 4.69) is 0 Å². The maximum absolute atomic E-state index is 13.4. The fourth-order valence-electron chi connectivity index (χ4n) is 3.98. The Balaban J connectivity index is 2.13. The third kappa shape index (κ3) is 4.13. The Morgan fingerprint density at radius 1 is 1.07 bits per heavy atom. The van der Waals surface area contributed by atoms with Crippen LogP contribution in [0.1, 0.15) is 38.3 Å². The lowest BCUT2D eigenvalue weighted by Gasteiger charge is -2.42. The standard InChI is InChI=1S/C24H30N2O4/c1-16(2)25(3)24(28)20-14-15-22(27)26(17-10-12-18(29-4)13-11-17)23(20)19-8-6-7-9-21(19)30-5/h6-13,16,20,23H,14-15H2,1-5H3. The van der Waals surface area contributed by atoms with Gasteiger partial charge in [0, 0.05) is 30.8 Å². The summed E-state index contributed by atoms with van der Waals surface area (Å²) >= 11 is 0. The first-order chi connectivity index (χ1) is 14.4. The van der Waals surface area contributed by atoms with E-state index in [0.717, 1.165) is 11.3 Å². The van der Waals surface area contributed by atoms with Crippen LogP contribution in [0.2, 0.25) is 0 Å². The van der Waals surface area contributed by atoms with Gasteiger partial charge < -0.3 is 19.3 Å². The topological polar surface area (TPSA) is 59.1 Å². The van der Waals surface area contributed by atoms with E-state index in [1.807, 2.05) is 69.4 Å². The van der Waals surface area contributed by atoms with Crippen molar-refractivity contribution < 1.29 is 19.1 Å². The summed E-state index contributed by atoms with van der Waals surface area (Å²) in [5.74, 6) is 1.04. The number of piperidine rings is 1. The molecule has 6 nitrogen and oxygen atoms in total. The van der Waals surface area contributed by atoms with Crippen LogP contribution in [-0.2, 0) is 9.59 Å². The second-order valence-corrected chi connectivity index (χ2v) is 7.84. The van der Waals surface area contributed by atoms with Crippen molar-refractivity contribution >= 4 is 17.5 Å². The second kappa shape index (κ2) is 9.20. The molecule has 2 aromatic carbocycles. The zero-order valence-corrected chi connectivity index (χ0v) is 18.3. The largest absolute Gasteiger partial charge is 0.497 e. The maximum atomic E-state index is 13.4. The van der Waals surface area contributed by atoms with Crippen LogP contribution in [0, 0.1) is 5.92 Å². The molecule has 2 amide bonds. The Kier molecular flexibility index (Phi) is 6.65. The van der Waals surface area contributed by atoms with Crippen LogP contribution in [0.15, 0.2) is 48.5 Å². The van der Waals surface area contributed by atoms with Crippen molar-refractivity contribution in [3.8, 4) is 11.5 Å². The number of nitrogens with zero attached hydrogens (tertiary/aromatic N) is 2. The number of rotatable bonds is 6. The summed E-state index contributed by atoms with van der Waals surface area (Å²) in [6.45, 7) is 3.98. The molecule has 1 heterocycles. The van der Waals surface area contributed by atoms with Crippen molar-refractivity contribution in [1.82, 2.24) is 4.90 Å². The molecule has 0 spiro atoms. The molecule has 6 heteroatoms. The van der Waals surface area contributed by atoms with Gasteiger partial charge in [-0.2, -0.15) is 0 Å². The molecule has 0 bridgehead atoms. The van der Waals surface area contributed by atoms with Crippen molar-refractivity contribution in [3.05, 3.63) is 54.1 Å². The van der Waals surface area contributed by atoms with Crippen LogP contribution >= 0.6 is 0 Å². The number of benzene rings is 2. The number of ether oxygens (including phenoxy) is 2. The maximum Gasteiger partial charge on any atom is 0.228 e. The van der Waals surface area contributed by atoms with Gasteiger partial charge in [-0.3, -0.25) is 9.59 Å². The first-order valence-electron chi connectivity index (χ1n) is 10.2. The average Bonchev–Trinajstić information content (AvgIpc) is 2.77. The number of para-hydroxylation sites is 1. The summed E-state index contributed by atoms with van der Waals surface area (Å²) < 4.78 is 10.9. The average molecular weight is 411 g/mol. The Morgan fingerprint density at radius 3 is 2.33 bits per heavy atom. The lowest BCUT2D eigenvalue weighted by Crippen LogP contribution is -2.49. The van der Waals surface area contributed by atoms with E-state index in [4.69, 9.17) is 9.47 Å². The van der Waals surface area contributed by atoms with Gasteiger partial charge in [-0.05, 0) is 50.6 Å². The van der Waals surface area contributed by atoms with Crippen LogP contribution in [-0.4, -0.2) is 44.0 Å². The Morgan fingerprint density at radius 2 is 1.73 bits per heavy atom. The first kappa shape index (κ1) is 21.7. The van der Waals surface area contributed by atoms with E-state index in [-0.39, 0.29) is 23.8 Å². The zero-order valence-electron chi connectivity index (χ0n) is 18.3. The molecular weight excluding hydrogens is 380 g/mol. The monoisotopic (exact) mass is 410 g/mol. The Bertz CT molecular complexity index is 894. The van der Waals surface area contributed by atoms with Gasteiger partial charge in [0.2, 0.25) is 11.8 Å². The molecule has 0 saturated carbocycles. The second-order valence-electron chi connectivity index (χ2n) is 7.84. The third-order valence-corrected chi connectivity index (χ3v) is 5.84. The van der Waals surface area contributed by atoms with Gasteiger partial charge in [0.15, 0.2) is 0 Å². The van der Waals surface area contributed by atoms with E-state index in [1.54, 1.807) is 24.0 Å². The van der Waals surface area contributed by atoms with Gasteiger partial charge in [0.05, 0.1) is 26.2 Å². The van der Waals surface area contributed by atoms with Crippen LogP contribution in [0.4, 0.5) is 5.69 Å². The van der Waals surface area contributed by atoms with Gasteiger partial charge >= 0.3 is 0 Å². The van der Waals surface area contributed by atoms with Gasteiger partial charge in [-0.25, -0.2) is 0 Å². The summed E-state index contributed by atoms with van der Waals surface area (Å²) in [7, 11) is 5.04. The highest BCUT2D eigenvalue weighted by molar-refractivity contribution is 5.97. The number of hydrogen-bond donors (Lipinski definition) is 0. The smallest absolute Gasteiger partial charge is 0.228 e. The fourth-order valence-corrected chi connectivity index (χ4v) is 3.98. The number of methoxy groups -OCH3 is 2. The molecule has 1 fully saturated rings. The fraction of sp³-hybridized carbons (Fsp3) is 0.417. The van der Waals surface area contributed by atoms with Crippen LogP contribution in [0.3, 0.4) is 0 Å². The minimum absolute atomic E-state index is 0.00711. The minimum Gasteiger partial charge on any atom is -0.497 e. The van der Waals surface area contributed by atoms with Gasteiger partial charge in [-0.15, -0.1) is 0 Å². The van der Waals surface area contributed by atoms with E-state index in [0.29, 0.717) is 24.3 Å². The van der Waals surface area contributed by atoms with E-state index in [9.17, 15) is 9.59 Å². The lowest BCUT2D eigenvalue weighted by atomic mass is 9.82. The summed E-state index contributed by atoms with van der Waals surface area (Å²) in [6.07, 6.45) is 0.824. The molecule has 0 radical (unpaired) electrons. The quantitative estimate of drug-likeness (QED) is 0.721. The van der Waals surface area contributed by atoms with Gasteiger partial charge in [-0.1, -0.05) is 18.2 Å². The van der Waals surface area contributed by atoms with Crippen molar-refractivity contribution in [2.24, 2.45) is 5.92 Å². The van der Waals surface area contributed by atoms with Crippen molar-refractivity contribution in [3.63, 3.8) is 0 Å². The molecule has 2 atom stereocenters. The van der Waals surface area contributed by atoms with E-state index < -0.39 is 6.04 Å². The zero-order chi connectivity index (χ0) is 21.8. The highest BCUT2D eigenvalue weighted by Crippen LogP contribution is 2.44. The van der Waals surface area contributed by atoms with Gasteiger partial charge in [0.25, 0.3) is 0 Å². The molecule has 0 aromatic heterocycles.